The number of hydrogen-bond acceptors (Lipinski definition) is 3. The van der Waals surface area contributed by atoms with Crippen LogP contribution in [-0.2, 0) is 6.54 Å². The molecule has 4 nitrogen and oxygen atoms in total. The lowest BCUT2D eigenvalue weighted by Gasteiger charge is -2.04. The lowest BCUT2D eigenvalue weighted by molar-refractivity contribution is 0.0973. The number of imidazole rings is 1. The Hall–Kier alpha value is -2.62. The molecule has 0 aliphatic rings. The number of Topliss-reactive ketones (excluding diaryl/α,β-unsaturated/α-hetero) is 1. The fraction of sp³-hybridized carbons (Fsp3) is 0.0667. The van der Waals surface area contributed by atoms with Crippen LogP contribution in [0.2, 0.25) is 0 Å². The highest BCUT2D eigenvalue weighted by molar-refractivity contribution is 5.97. The molecule has 0 saturated carbocycles. The number of nitrogens with zero attached hydrogens (tertiary/aromatic N) is 2. The summed E-state index contributed by atoms with van der Waals surface area (Å²) in [5.74, 6) is 0.0236. The van der Waals surface area contributed by atoms with Gasteiger partial charge in [-0.3, -0.25) is 4.79 Å². The van der Waals surface area contributed by atoms with Gasteiger partial charge in [-0.1, -0.05) is 24.3 Å². The predicted molar refractivity (Wildman–Crippen MR) is 74.9 cm³/mol. The number of carbonyl (C=O) groups is 1. The van der Waals surface area contributed by atoms with Crippen LogP contribution in [0.3, 0.4) is 0 Å². The van der Waals surface area contributed by atoms with E-state index in [-0.39, 0.29) is 12.3 Å². The van der Waals surface area contributed by atoms with E-state index in [1.165, 1.54) is 0 Å². The minimum atomic E-state index is 0.0236. The van der Waals surface area contributed by atoms with Gasteiger partial charge in [-0.2, -0.15) is 0 Å². The van der Waals surface area contributed by atoms with Gasteiger partial charge in [0.2, 0.25) is 0 Å². The Morgan fingerprint density at radius 2 is 2.00 bits per heavy atom. The number of aromatic nitrogens is 2. The third kappa shape index (κ3) is 2.20. The number of rotatable bonds is 3. The van der Waals surface area contributed by atoms with Gasteiger partial charge in [-0.15, -0.1) is 0 Å². The smallest absolute Gasteiger partial charge is 0.182 e. The molecule has 0 spiro atoms. The molecule has 0 aliphatic carbocycles. The topological polar surface area (TPSA) is 60.9 Å². The van der Waals surface area contributed by atoms with E-state index in [2.05, 4.69) is 4.98 Å². The number of carbonyl (C=O) groups excluding carboxylic acids is 1. The van der Waals surface area contributed by atoms with Crippen molar-refractivity contribution in [3.05, 3.63) is 60.4 Å². The van der Waals surface area contributed by atoms with Crippen LogP contribution in [0.4, 0.5) is 5.69 Å². The molecule has 2 N–H and O–H groups in total. The van der Waals surface area contributed by atoms with E-state index in [9.17, 15) is 4.79 Å². The summed E-state index contributed by atoms with van der Waals surface area (Å²) in [6.45, 7) is 0.268. The van der Waals surface area contributed by atoms with Crippen LogP contribution in [0.15, 0.2) is 54.9 Å². The normalized spacial score (nSPS) is 10.7. The molecule has 19 heavy (non-hydrogen) atoms. The third-order valence-corrected chi connectivity index (χ3v) is 3.05. The Morgan fingerprint density at radius 3 is 2.84 bits per heavy atom. The van der Waals surface area contributed by atoms with E-state index >= 15 is 0 Å². The lowest BCUT2D eigenvalue weighted by atomic mass is 10.1. The van der Waals surface area contributed by atoms with Crippen molar-refractivity contribution < 1.29 is 4.79 Å². The van der Waals surface area contributed by atoms with Crippen molar-refractivity contribution in [3.63, 3.8) is 0 Å². The van der Waals surface area contributed by atoms with E-state index in [0.29, 0.717) is 11.3 Å². The zero-order valence-electron chi connectivity index (χ0n) is 10.3. The van der Waals surface area contributed by atoms with Gasteiger partial charge in [0.25, 0.3) is 0 Å². The quantitative estimate of drug-likeness (QED) is 0.574. The maximum Gasteiger partial charge on any atom is 0.182 e. The molecule has 1 heterocycles. The van der Waals surface area contributed by atoms with Gasteiger partial charge >= 0.3 is 0 Å². The third-order valence-electron chi connectivity index (χ3n) is 3.05. The Kier molecular flexibility index (Phi) is 2.76. The molecule has 0 aliphatic heterocycles. The number of ketones is 1. The first-order chi connectivity index (χ1) is 9.24. The second kappa shape index (κ2) is 4.57. The Labute approximate surface area is 110 Å². The second-order valence-corrected chi connectivity index (χ2v) is 4.41. The fourth-order valence-corrected chi connectivity index (χ4v) is 2.09. The summed E-state index contributed by atoms with van der Waals surface area (Å²) < 4.78 is 1.85. The van der Waals surface area contributed by atoms with Gasteiger partial charge in [-0.05, 0) is 24.3 Å². The molecular weight excluding hydrogens is 238 g/mol. The maximum absolute atomic E-state index is 12.2. The lowest BCUT2D eigenvalue weighted by Crippen LogP contribution is -2.09. The monoisotopic (exact) mass is 251 g/mol. The number of benzene rings is 2. The SMILES string of the molecule is Nc1cccc(C(=O)Cn2cnc3ccccc32)c1. The van der Waals surface area contributed by atoms with Crippen LogP contribution < -0.4 is 5.73 Å². The van der Waals surface area contributed by atoms with Gasteiger partial charge in [0, 0.05) is 11.3 Å². The standard InChI is InChI=1S/C15H13N3O/c16-12-5-3-4-11(8-12)15(19)9-18-10-17-13-6-1-2-7-14(13)18/h1-8,10H,9,16H2. The number of anilines is 1. The number of nitrogen functional groups attached to an aromatic ring is 1. The molecule has 4 heteroatoms. The summed E-state index contributed by atoms with van der Waals surface area (Å²) in [4.78, 5) is 16.5. The van der Waals surface area contributed by atoms with E-state index < -0.39 is 0 Å². The van der Waals surface area contributed by atoms with Crippen molar-refractivity contribution in [3.8, 4) is 0 Å². The molecule has 0 fully saturated rings. The number of para-hydroxylation sites is 2. The molecule has 0 radical (unpaired) electrons. The van der Waals surface area contributed by atoms with Crippen molar-refractivity contribution in [2.75, 3.05) is 5.73 Å². The molecule has 0 atom stereocenters. The molecule has 0 bridgehead atoms. The highest BCUT2D eigenvalue weighted by atomic mass is 16.1. The van der Waals surface area contributed by atoms with Gasteiger partial charge in [-0.25, -0.2) is 4.98 Å². The van der Waals surface area contributed by atoms with Crippen LogP contribution in [0.5, 0.6) is 0 Å². The largest absolute Gasteiger partial charge is 0.399 e. The summed E-state index contributed by atoms with van der Waals surface area (Å²) in [7, 11) is 0. The summed E-state index contributed by atoms with van der Waals surface area (Å²) in [5.41, 5.74) is 8.76. The first-order valence-electron chi connectivity index (χ1n) is 6.02. The number of hydrogen-bond donors (Lipinski definition) is 1. The van der Waals surface area contributed by atoms with Crippen LogP contribution in [0, 0.1) is 0 Å². The molecule has 94 valence electrons. The molecule has 2 aromatic carbocycles. The van der Waals surface area contributed by atoms with Crippen LogP contribution in [0.1, 0.15) is 10.4 Å². The zero-order valence-corrected chi connectivity index (χ0v) is 10.3. The van der Waals surface area contributed by atoms with Crippen molar-refractivity contribution in [2.45, 2.75) is 6.54 Å². The molecule has 3 rings (SSSR count). The van der Waals surface area contributed by atoms with Crippen LogP contribution in [-0.4, -0.2) is 15.3 Å². The Bertz CT molecular complexity index is 746. The summed E-state index contributed by atoms with van der Waals surface area (Å²) in [5, 5.41) is 0. The van der Waals surface area contributed by atoms with Crippen LogP contribution in [0.25, 0.3) is 11.0 Å². The van der Waals surface area contributed by atoms with E-state index in [1.807, 2.05) is 28.8 Å². The van der Waals surface area contributed by atoms with E-state index in [0.717, 1.165) is 11.0 Å². The fourth-order valence-electron chi connectivity index (χ4n) is 2.09. The zero-order chi connectivity index (χ0) is 13.2. The molecule has 1 aromatic heterocycles. The molecule has 0 amide bonds. The van der Waals surface area contributed by atoms with Gasteiger partial charge in [0.15, 0.2) is 5.78 Å². The van der Waals surface area contributed by atoms with Gasteiger partial charge < -0.3 is 10.3 Å². The number of nitrogens with two attached hydrogens (primary N) is 1. The maximum atomic E-state index is 12.2. The van der Waals surface area contributed by atoms with E-state index in [1.54, 1.807) is 30.6 Å². The van der Waals surface area contributed by atoms with Crippen LogP contribution >= 0.6 is 0 Å². The molecular formula is C15H13N3O. The molecule has 0 saturated heterocycles. The molecule has 3 aromatic rings. The first kappa shape index (κ1) is 11.5. The Balaban J connectivity index is 1.91. The van der Waals surface area contributed by atoms with Gasteiger partial charge in [0.1, 0.15) is 0 Å². The highest BCUT2D eigenvalue weighted by Gasteiger charge is 2.09. The summed E-state index contributed by atoms with van der Waals surface area (Å²) in [6.07, 6.45) is 1.69. The summed E-state index contributed by atoms with van der Waals surface area (Å²) in [6, 6.07) is 14.8. The Morgan fingerprint density at radius 1 is 1.16 bits per heavy atom. The minimum absolute atomic E-state index is 0.0236. The van der Waals surface area contributed by atoms with Crippen molar-refractivity contribution >= 4 is 22.5 Å². The highest BCUT2D eigenvalue weighted by Crippen LogP contribution is 2.14. The first-order valence-corrected chi connectivity index (χ1v) is 6.02. The van der Waals surface area contributed by atoms with Crippen molar-refractivity contribution in [1.29, 1.82) is 0 Å². The minimum Gasteiger partial charge on any atom is -0.399 e. The number of fused-ring (bicyclic) bond motifs is 1. The van der Waals surface area contributed by atoms with E-state index in [4.69, 9.17) is 5.73 Å². The predicted octanol–water partition coefficient (Wildman–Crippen LogP) is 2.50. The second-order valence-electron chi connectivity index (χ2n) is 4.41. The van der Waals surface area contributed by atoms with Crippen molar-refractivity contribution in [2.24, 2.45) is 0 Å². The van der Waals surface area contributed by atoms with Gasteiger partial charge in [0.05, 0.1) is 23.9 Å². The average Bonchev–Trinajstić information content (AvgIpc) is 2.82. The molecule has 0 unspecified atom stereocenters. The summed E-state index contributed by atoms with van der Waals surface area (Å²) >= 11 is 0. The average molecular weight is 251 g/mol. The van der Waals surface area contributed by atoms with Crippen molar-refractivity contribution in [1.82, 2.24) is 9.55 Å².